The molecule has 1 aromatic carbocycles. The maximum absolute atomic E-state index is 12.2. The topological polar surface area (TPSA) is 58.6 Å². The van der Waals surface area contributed by atoms with E-state index in [9.17, 15) is 9.90 Å². The molecule has 1 fully saturated rings. The van der Waals surface area contributed by atoms with E-state index in [0.29, 0.717) is 11.3 Å². The van der Waals surface area contributed by atoms with Crippen LogP contribution in [0.2, 0.25) is 0 Å². The van der Waals surface area contributed by atoms with Crippen LogP contribution in [-0.4, -0.2) is 29.8 Å². The number of carbonyl (C=O) groups excluding carboxylic acids is 1. The average Bonchev–Trinajstić information content (AvgIpc) is 2.94. The summed E-state index contributed by atoms with van der Waals surface area (Å²) >= 11 is 0. The zero-order chi connectivity index (χ0) is 14.4. The van der Waals surface area contributed by atoms with Crippen molar-refractivity contribution in [3.63, 3.8) is 0 Å². The fourth-order valence-corrected chi connectivity index (χ4v) is 2.51. The first-order chi connectivity index (χ1) is 9.69. The van der Waals surface area contributed by atoms with Crippen LogP contribution in [0.3, 0.4) is 0 Å². The third-order valence-corrected chi connectivity index (χ3v) is 3.68. The molecule has 1 aromatic rings. The van der Waals surface area contributed by atoms with E-state index in [4.69, 9.17) is 11.2 Å². The predicted molar refractivity (Wildman–Crippen MR) is 76.5 cm³/mol. The maximum atomic E-state index is 12.2. The second-order valence-electron chi connectivity index (χ2n) is 5.12. The van der Waals surface area contributed by atoms with Gasteiger partial charge in [-0.05, 0) is 37.1 Å². The molecule has 106 valence electrons. The molecular formula is C16H19NO3. The van der Waals surface area contributed by atoms with Crippen LogP contribution in [0, 0.1) is 12.3 Å². The van der Waals surface area contributed by atoms with E-state index in [1.165, 1.54) is 0 Å². The minimum atomic E-state index is -0.449. The Morgan fingerprint density at radius 3 is 2.55 bits per heavy atom. The van der Waals surface area contributed by atoms with Gasteiger partial charge in [0.05, 0.1) is 12.1 Å². The molecular weight excluding hydrogens is 254 g/mol. The van der Waals surface area contributed by atoms with Gasteiger partial charge in [0, 0.05) is 5.56 Å². The van der Waals surface area contributed by atoms with Crippen molar-refractivity contribution < 1.29 is 14.6 Å². The molecule has 2 rings (SSSR count). The van der Waals surface area contributed by atoms with E-state index in [1.807, 2.05) is 0 Å². The molecule has 4 nitrogen and oxygen atoms in total. The van der Waals surface area contributed by atoms with Crippen LogP contribution in [-0.2, 0) is 0 Å². The number of ether oxygens (including phenoxy) is 1. The Bertz CT molecular complexity index is 495. The third kappa shape index (κ3) is 3.31. The second-order valence-corrected chi connectivity index (χ2v) is 5.12. The Kier molecular flexibility index (Phi) is 4.65. The molecule has 0 atom stereocenters. The summed E-state index contributed by atoms with van der Waals surface area (Å²) in [5.41, 5.74) is 0.105. The van der Waals surface area contributed by atoms with Crippen LogP contribution in [0.1, 0.15) is 36.0 Å². The van der Waals surface area contributed by atoms with E-state index in [2.05, 4.69) is 11.2 Å². The molecule has 1 aliphatic carbocycles. The van der Waals surface area contributed by atoms with E-state index in [1.54, 1.807) is 24.3 Å². The molecule has 4 heteroatoms. The van der Waals surface area contributed by atoms with Gasteiger partial charge in [0.2, 0.25) is 0 Å². The molecule has 0 heterocycles. The minimum Gasteiger partial charge on any atom is -0.481 e. The van der Waals surface area contributed by atoms with Gasteiger partial charge in [-0.25, -0.2) is 0 Å². The van der Waals surface area contributed by atoms with Gasteiger partial charge in [0.1, 0.15) is 12.4 Å². The van der Waals surface area contributed by atoms with Crippen molar-refractivity contribution in [3.8, 4) is 18.1 Å². The molecule has 0 aliphatic heterocycles. The van der Waals surface area contributed by atoms with Crippen LogP contribution in [0.25, 0.3) is 0 Å². The van der Waals surface area contributed by atoms with Crippen LogP contribution < -0.4 is 10.1 Å². The number of carbonyl (C=O) groups is 1. The fraction of sp³-hybridized carbons (Fsp3) is 0.438. The van der Waals surface area contributed by atoms with Gasteiger partial charge in [-0.1, -0.05) is 18.8 Å². The average molecular weight is 273 g/mol. The first kappa shape index (κ1) is 14.4. The van der Waals surface area contributed by atoms with Gasteiger partial charge in [-0.15, -0.1) is 6.42 Å². The smallest absolute Gasteiger partial charge is 0.251 e. The summed E-state index contributed by atoms with van der Waals surface area (Å²) in [5, 5.41) is 12.5. The van der Waals surface area contributed by atoms with Crippen molar-refractivity contribution in [1.82, 2.24) is 5.32 Å². The highest BCUT2D eigenvalue weighted by Crippen LogP contribution is 2.29. The van der Waals surface area contributed by atoms with E-state index >= 15 is 0 Å². The maximum Gasteiger partial charge on any atom is 0.251 e. The highest BCUT2D eigenvalue weighted by atomic mass is 16.5. The molecule has 0 unspecified atom stereocenters. The number of hydrogen-bond donors (Lipinski definition) is 2. The summed E-state index contributed by atoms with van der Waals surface area (Å²) in [6.07, 6.45) is 8.86. The number of hydrogen-bond acceptors (Lipinski definition) is 3. The quantitative estimate of drug-likeness (QED) is 0.803. The second kappa shape index (κ2) is 6.44. The normalized spacial score (nSPS) is 16.4. The molecule has 0 saturated heterocycles. The van der Waals surface area contributed by atoms with E-state index in [0.717, 1.165) is 25.7 Å². The van der Waals surface area contributed by atoms with Gasteiger partial charge in [0.25, 0.3) is 5.91 Å². The Labute approximate surface area is 119 Å². The van der Waals surface area contributed by atoms with Gasteiger partial charge < -0.3 is 15.2 Å². The Balaban J connectivity index is 2.00. The number of terminal acetylenes is 1. The summed E-state index contributed by atoms with van der Waals surface area (Å²) in [4.78, 5) is 12.2. The molecule has 0 spiro atoms. The van der Waals surface area contributed by atoms with Crippen molar-refractivity contribution in [3.05, 3.63) is 29.8 Å². The van der Waals surface area contributed by atoms with Crippen molar-refractivity contribution in [2.24, 2.45) is 0 Å². The third-order valence-electron chi connectivity index (χ3n) is 3.68. The van der Waals surface area contributed by atoms with Crippen LogP contribution in [0.5, 0.6) is 5.75 Å². The molecule has 0 aromatic heterocycles. The molecule has 20 heavy (non-hydrogen) atoms. The van der Waals surface area contributed by atoms with Crippen molar-refractivity contribution >= 4 is 5.91 Å². The summed E-state index contributed by atoms with van der Waals surface area (Å²) in [6.45, 7) is 0.196. The van der Waals surface area contributed by atoms with Crippen molar-refractivity contribution in [2.45, 2.75) is 31.2 Å². The number of nitrogens with one attached hydrogen (secondary N) is 1. The van der Waals surface area contributed by atoms with E-state index in [-0.39, 0.29) is 19.1 Å². The summed E-state index contributed by atoms with van der Waals surface area (Å²) in [5.74, 6) is 2.86. The number of aliphatic hydroxyl groups is 1. The lowest BCUT2D eigenvalue weighted by Gasteiger charge is -2.28. The molecule has 1 saturated carbocycles. The molecule has 1 aliphatic rings. The van der Waals surface area contributed by atoms with Gasteiger partial charge in [-0.2, -0.15) is 0 Å². The molecule has 0 bridgehead atoms. The Hall–Kier alpha value is -1.99. The van der Waals surface area contributed by atoms with Crippen LogP contribution >= 0.6 is 0 Å². The highest BCUT2D eigenvalue weighted by Gasteiger charge is 2.34. The zero-order valence-corrected chi connectivity index (χ0v) is 11.4. The first-order valence-corrected chi connectivity index (χ1v) is 6.79. The molecule has 2 N–H and O–H groups in total. The van der Waals surface area contributed by atoms with Crippen molar-refractivity contribution in [1.29, 1.82) is 0 Å². The van der Waals surface area contributed by atoms with Crippen LogP contribution in [0.4, 0.5) is 0 Å². The SMILES string of the molecule is C#CCOc1ccc(C(=O)NC2(CO)CCCC2)cc1. The zero-order valence-electron chi connectivity index (χ0n) is 11.4. The molecule has 0 radical (unpaired) electrons. The number of benzene rings is 1. The lowest BCUT2D eigenvalue weighted by molar-refractivity contribution is 0.0838. The number of rotatable bonds is 5. The van der Waals surface area contributed by atoms with Gasteiger partial charge >= 0.3 is 0 Å². The van der Waals surface area contributed by atoms with Gasteiger partial charge in [-0.3, -0.25) is 4.79 Å². The summed E-state index contributed by atoms with van der Waals surface area (Å²) < 4.78 is 5.26. The minimum absolute atomic E-state index is 0.0118. The lowest BCUT2D eigenvalue weighted by atomic mass is 9.98. The van der Waals surface area contributed by atoms with Gasteiger partial charge in [0.15, 0.2) is 0 Å². The lowest BCUT2D eigenvalue weighted by Crippen LogP contribution is -2.49. The Morgan fingerprint density at radius 2 is 2.00 bits per heavy atom. The largest absolute Gasteiger partial charge is 0.481 e. The summed E-state index contributed by atoms with van der Waals surface area (Å²) in [6, 6.07) is 6.82. The fourth-order valence-electron chi connectivity index (χ4n) is 2.51. The summed E-state index contributed by atoms with van der Waals surface area (Å²) in [7, 11) is 0. The molecule has 1 amide bonds. The predicted octanol–water partition coefficient (Wildman–Crippen LogP) is 1.73. The van der Waals surface area contributed by atoms with Crippen LogP contribution in [0.15, 0.2) is 24.3 Å². The monoisotopic (exact) mass is 273 g/mol. The van der Waals surface area contributed by atoms with E-state index < -0.39 is 5.54 Å². The number of amides is 1. The highest BCUT2D eigenvalue weighted by molar-refractivity contribution is 5.94. The first-order valence-electron chi connectivity index (χ1n) is 6.79. The van der Waals surface area contributed by atoms with Crippen molar-refractivity contribution in [2.75, 3.05) is 13.2 Å². The number of aliphatic hydroxyl groups excluding tert-OH is 1. The Morgan fingerprint density at radius 1 is 1.35 bits per heavy atom. The standard InChI is InChI=1S/C16H19NO3/c1-2-11-20-14-7-5-13(6-8-14)15(19)17-16(12-18)9-3-4-10-16/h1,5-8,18H,3-4,9-12H2,(H,17,19).